The molecular formula is C28H25N5O4. The SMILES string of the molecule is COc1cc(C(=O)N(C)C)ncc1-c1cc2nccc(-c3ccc(NC4C5COCC54)c(C#N)c3)c2o1. The third-order valence-corrected chi connectivity index (χ3v) is 7.11. The molecule has 1 N–H and O–H groups in total. The zero-order valence-corrected chi connectivity index (χ0v) is 20.7. The summed E-state index contributed by atoms with van der Waals surface area (Å²) in [7, 11) is 4.88. The molecule has 1 saturated carbocycles. The highest BCUT2D eigenvalue weighted by molar-refractivity contribution is 5.95. The van der Waals surface area contributed by atoms with Crippen LogP contribution < -0.4 is 10.1 Å². The molecule has 6 rings (SSSR count). The van der Waals surface area contributed by atoms with E-state index in [-0.39, 0.29) is 11.6 Å². The molecule has 1 aromatic carbocycles. The van der Waals surface area contributed by atoms with E-state index in [1.807, 2.05) is 30.3 Å². The molecule has 1 amide bonds. The molecule has 4 heterocycles. The van der Waals surface area contributed by atoms with Crippen molar-refractivity contribution < 1.29 is 18.7 Å². The average Bonchev–Trinajstić information content (AvgIpc) is 3.26. The van der Waals surface area contributed by atoms with Gasteiger partial charge in [-0.1, -0.05) is 6.07 Å². The highest BCUT2D eigenvalue weighted by Gasteiger charge is 2.54. The lowest BCUT2D eigenvalue weighted by molar-refractivity contribution is 0.0821. The van der Waals surface area contributed by atoms with Gasteiger partial charge < -0.3 is 24.1 Å². The minimum atomic E-state index is -0.220. The van der Waals surface area contributed by atoms with Gasteiger partial charge in [-0.15, -0.1) is 0 Å². The number of aromatic nitrogens is 2. The van der Waals surface area contributed by atoms with Crippen molar-refractivity contribution in [2.45, 2.75) is 6.04 Å². The van der Waals surface area contributed by atoms with Crippen LogP contribution in [0, 0.1) is 23.2 Å². The van der Waals surface area contributed by atoms with Gasteiger partial charge in [0.05, 0.1) is 37.1 Å². The van der Waals surface area contributed by atoms with E-state index in [2.05, 4.69) is 21.4 Å². The van der Waals surface area contributed by atoms with Crippen molar-refractivity contribution in [1.82, 2.24) is 14.9 Å². The highest BCUT2D eigenvalue weighted by atomic mass is 16.5. The number of carbonyl (C=O) groups excluding carboxylic acids is 1. The molecule has 0 bridgehead atoms. The topological polar surface area (TPSA) is 114 Å². The fourth-order valence-corrected chi connectivity index (χ4v) is 5.00. The number of hydrogen-bond donors (Lipinski definition) is 1. The monoisotopic (exact) mass is 495 g/mol. The highest BCUT2D eigenvalue weighted by Crippen LogP contribution is 2.46. The summed E-state index contributed by atoms with van der Waals surface area (Å²) < 4.78 is 17.3. The van der Waals surface area contributed by atoms with Gasteiger partial charge in [-0.2, -0.15) is 5.26 Å². The molecule has 1 aliphatic carbocycles. The van der Waals surface area contributed by atoms with E-state index >= 15 is 0 Å². The summed E-state index contributed by atoms with van der Waals surface area (Å²) in [6.45, 7) is 1.57. The van der Waals surface area contributed by atoms with E-state index in [0.29, 0.717) is 51.6 Å². The van der Waals surface area contributed by atoms with Crippen molar-refractivity contribution in [3.8, 4) is 34.3 Å². The summed E-state index contributed by atoms with van der Waals surface area (Å²) >= 11 is 0. The Labute approximate surface area is 213 Å². The third kappa shape index (κ3) is 3.96. The molecule has 2 atom stereocenters. The van der Waals surface area contributed by atoms with Gasteiger partial charge in [0, 0.05) is 62.1 Å². The molecule has 186 valence electrons. The van der Waals surface area contributed by atoms with Crippen LogP contribution >= 0.6 is 0 Å². The smallest absolute Gasteiger partial charge is 0.272 e. The maximum absolute atomic E-state index is 12.3. The van der Waals surface area contributed by atoms with Gasteiger partial charge in [0.25, 0.3) is 5.91 Å². The van der Waals surface area contributed by atoms with Gasteiger partial charge in [-0.3, -0.25) is 14.8 Å². The van der Waals surface area contributed by atoms with Crippen LogP contribution in [-0.2, 0) is 4.74 Å². The largest absolute Gasteiger partial charge is 0.496 e. The molecule has 1 saturated heterocycles. The van der Waals surface area contributed by atoms with Crippen LogP contribution in [-0.4, -0.2) is 61.2 Å². The molecule has 1 aliphatic heterocycles. The zero-order valence-electron chi connectivity index (χ0n) is 20.7. The Bertz CT molecular complexity index is 1560. The summed E-state index contributed by atoms with van der Waals surface area (Å²) in [5.74, 6) is 1.84. The molecule has 37 heavy (non-hydrogen) atoms. The van der Waals surface area contributed by atoms with E-state index in [1.54, 1.807) is 32.6 Å². The van der Waals surface area contributed by atoms with E-state index in [0.717, 1.165) is 30.0 Å². The Morgan fingerprint density at radius 2 is 1.95 bits per heavy atom. The summed E-state index contributed by atoms with van der Waals surface area (Å²) in [5, 5.41) is 13.4. The van der Waals surface area contributed by atoms with Crippen LogP contribution in [0.4, 0.5) is 5.69 Å². The first kappa shape index (κ1) is 23.0. The summed E-state index contributed by atoms with van der Waals surface area (Å²) in [6, 6.07) is 13.8. The Kier molecular flexibility index (Phi) is 5.54. The number of anilines is 1. The van der Waals surface area contributed by atoms with Crippen LogP contribution in [0.2, 0.25) is 0 Å². The van der Waals surface area contributed by atoms with Crippen molar-refractivity contribution in [3.05, 3.63) is 60.0 Å². The Morgan fingerprint density at radius 3 is 2.68 bits per heavy atom. The summed E-state index contributed by atoms with van der Waals surface area (Å²) in [5.41, 5.74) is 5.22. The van der Waals surface area contributed by atoms with Crippen molar-refractivity contribution >= 4 is 22.7 Å². The van der Waals surface area contributed by atoms with E-state index in [9.17, 15) is 10.1 Å². The lowest BCUT2D eigenvalue weighted by Crippen LogP contribution is -2.22. The first-order valence-electron chi connectivity index (χ1n) is 12.0. The number of benzene rings is 1. The number of furan rings is 1. The molecule has 2 unspecified atom stereocenters. The van der Waals surface area contributed by atoms with E-state index in [1.165, 1.54) is 12.0 Å². The quantitative estimate of drug-likeness (QED) is 0.424. The molecule has 0 radical (unpaired) electrons. The van der Waals surface area contributed by atoms with Gasteiger partial charge in [-0.05, 0) is 23.8 Å². The predicted octanol–water partition coefficient (Wildman–Crippen LogP) is 4.20. The minimum Gasteiger partial charge on any atom is -0.496 e. The molecule has 9 heteroatoms. The number of amides is 1. The number of pyridine rings is 2. The number of fused-ring (bicyclic) bond motifs is 2. The number of carbonyl (C=O) groups is 1. The normalized spacial score (nSPS) is 19.8. The maximum Gasteiger partial charge on any atom is 0.272 e. The van der Waals surface area contributed by atoms with Gasteiger partial charge in [0.15, 0.2) is 5.58 Å². The van der Waals surface area contributed by atoms with Crippen LogP contribution in [0.5, 0.6) is 5.75 Å². The van der Waals surface area contributed by atoms with Gasteiger partial charge in [0.2, 0.25) is 0 Å². The van der Waals surface area contributed by atoms with E-state index < -0.39 is 0 Å². The lowest BCUT2D eigenvalue weighted by Gasteiger charge is -2.12. The molecule has 3 aromatic heterocycles. The lowest BCUT2D eigenvalue weighted by atomic mass is 10.0. The molecule has 2 aliphatic rings. The first-order chi connectivity index (χ1) is 18.0. The number of nitriles is 1. The molecule has 2 fully saturated rings. The van der Waals surface area contributed by atoms with Crippen LogP contribution in [0.1, 0.15) is 16.1 Å². The fourth-order valence-electron chi connectivity index (χ4n) is 5.00. The molecule has 4 aromatic rings. The number of nitrogens with one attached hydrogen (secondary N) is 1. The second kappa shape index (κ2) is 8.91. The second-order valence-electron chi connectivity index (χ2n) is 9.56. The number of methoxy groups -OCH3 is 1. The van der Waals surface area contributed by atoms with Gasteiger partial charge in [0.1, 0.15) is 28.8 Å². The summed E-state index contributed by atoms with van der Waals surface area (Å²) in [6.07, 6.45) is 3.29. The van der Waals surface area contributed by atoms with Gasteiger partial charge >= 0.3 is 0 Å². The van der Waals surface area contributed by atoms with Crippen molar-refractivity contribution in [3.63, 3.8) is 0 Å². The first-order valence-corrected chi connectivity index (χ1v) is 12.0. The summed E-state index contributed by atoms with van der Waals surface area (Å²) in [4.78, 5) is 22.6. The number of rotatable bonds is 6. The van der Waals surface area contributed by atoms with Crippen molar-refractivity contribution in [1.29, 1.82) is 5.26 Å². The second-order valence-corrected chi connectivity index (χ2v) is 9.56. The number of hydrogen-bond acceptors (Lipinski definition) is 8. The Hall–Kier alpha value is -4.42. The average molecular weight is 496 g/mol. The predicted molar refractivity (Wildman–Crippen MR) is 137 cm³/mol. The number of ether oxygens (including phenoxy) is 2. The number of nitrogens with zero attached hydrogens (tertiary/aromatic N) is 4. The fraction of sp³-hybridized carbons (Fsp3) is 0.286. The van der Waals surface area contributed by atoms with E-state index in [4.69, 9.17) is 13.9 Å². The minimum absolute atomic E-state index is 0.220. The van der Waals surface area contributed by atoms with Crippen molar-refractivity contribution in [2.75, 3.05) is 39.7 Å². The standard InChI is InChI=1S/C28H25N5O4/c1-33(2)28(34)23-10-24(35-3)18(12-31-23)25-9-22-27(37-25)17(6-7-30-22)15-4-5-21(16(8-15)11-29)32-26-19-13-36-14-20(19)26/h4-10,12,19-20,26,32H,13-14H2,1-3H3. The third-order valence-electron chi connectivity index (χ3n) is 7.11. The Balaban J connectivity index is 1.35. The van der Waals surface area contributed by atoms with Gasteiger partial charge in [-0.25, -0.2) is 0 Å². The molecule has 9 nitrogen and oxygen atoms in total. The van der Waals surface area contributed by atoms with Crippen LogP contribution in [0.25, 0.3) is 33.6 Å². The molecular weight excluding hydrogens is 470 g/mol. The van der Waals surface area contributed by atoms with Crippen LogP contribution in [0.3, 0.4) is 0 Å². The maximum atomic E-state index is 12.3. The Morgan fingerprint density at radius 1 is 1.14 bits per heavy atom. The van der Waals surface area contributed by atoms with Crippen LogP contribution in [0.15, 0.2) is 53.2 Å². The molecule has 0 spiro atoms. The van der Waals surface area contributed by atoms with Crippen molar-refractivity contribution in [2.24, 2.45) is 11.8 Å². The zero-order chi connectivity index (χ0) is 25.7.